The molecule has 0 unspecified atom stereocenters. The molecule has 6 nitrogen and oxygen atoms in total. The van der Waals surface area contributed by atoms with Crippen LogP contribution < -0.4 is 5.32 Å². The van der Waals surface area contributed by atoms with Gasteiger partial charge in [0.1, 0.15) is 6.04 Å². The van der Waals surface area contributed by atoms with Crippen molar-refractivity contribution >= 4 is 34.7 Å². The van der Waals surface area contributed by atoms with Gasteiger partial charge in [0.2, 0.25) is 5.91 Å². The van der Waals surface area contributed by atoms with Gasteiger partial charge >= 0.3 is 0 Å². The Morgan fingerprint density at radius 2 is 2.07 bits per heavy atom. The molecule has 2 heterocycles. The highest BCUT2D eigenvalue weighted by Crippen LogP contribution is 2.29. The van der Waals surface area contributed by atoms with E-state index in [-0.39, 0.29) is 17.9 Å². The third-order valence-electron chi connectivity index (χ3n) is 5.11. The summed E-state index contributed by atoms with van der Waals surface area (Å²) in [5.74, 6) is 0.107. The number of rotatable bonds is 8. The van der Waals surface area contributed by atoms with Gasteiger partial charge in [-0.3, -0.25) is 9.59 Å². The Kier molecular flexibility index (Phi) is 7.56. The van der Waals surface area contributed by atoms with Gasteiger partial charge in [0, 0.05) is 22.8 Å². The van der Waals surface area contributed by atoms with Crippen LogP contribution in [0.3, 0.4) is 0 Å². The van der Waals surface area contributed by atoms with Crippen LogP contribution in [-0.2, 0) is 4.79 Å². The second kappa shape index (κ2) is 10.1. The van der Waals surface area contributed by atoms with E-state index in [0.717, 1.165) is 48.5 Å². The van der Waals surface area contributed by atoms with E-state index in [4.69, 9.17) is 0 Å². The molecule has 2 aromatic heterocycles. The summed E-state index contributed by atoms with van der Waals surface area (Å²) >= 11 is 2.66. The molecule has 28 heavy (non-hydrogen) atoms. The SMILES string of the molecule is CC(C)CCN(C(=O)c1csnn1)[C@@H](C(=O)NC1CCCCC1)c1cccs1. The Morgan fingerprint density at radius 1 is 1.29 bits per heavy atom. The molecule has 1 atom stereocenters. The largest absolute Gasteiger partial charge is 0.351 e. The number of nitrogens with one attached hydrogen (secondary N) is 1. The van der Waals surface area contributed by atoms with Crippen molar-refractivity contribution in [3.8, 4) is 0 Å². The molecule has 3 rings (SSSR count). The molecule has 0 aromatic carbocycles. The smallest absolute Gasteiger partial charge is 0.276 e. The molecule has 152 valence electrons. The van der Waals surface area contributed by atoms with Crippen LogP contribution in [0.5, 0.6) is 0 Å². The van der Waals surface area contributed by atoms with Gasteiger partial charge in [-0.2, -0.15) is 0 Å². The average Bonchev–Trinajstić information content (AvgIpc) is 3.39. The normalized spacial score (nSPS) is 16.1. The number of thiophene rings is 1. The van der Waals surface area contributed by atoms with Gasteiger partial charge in [-0.15, -0.1) is 16.4 Å². The summed E-state index contributed by atoms with van der Waals surface area (Å²) in [4.78, 5) is 29.1. The van der Waals surface area contributed by atoms with E-state index < -0.39 is 6.04 Å². The molecule has 0 saturated heterocycles. The lowest BCUT2D eigenvalue weighted by atomic mass is 9.95. The zero-order valence-electron chi connectivity index (χ0n) is 16.5. The molecule has 2 aromatic rings. The second-order valence-electron chi connectivity index (χ2n) is 7.73. The molecule has 1 fully saturated rings. The van der Waals surface area contributed by atoms with Gasteiger partial charge in [-0.25, -0.2) is 0 Å². The fourth-order valence-corrected chi connectivity index (χ4v) is 4.81. The highest BCUT2D eigenvalue weighted by atomic mass is 32.1. The molecule has 2 amide bonds. The van der Waals surface area contributed by atoms with E-state index >= 15 is 0 Å². The number of nitrogens with zero attached hydrogens (tertiary/aromatic N) is 3. The van der Waals surface area contributed by atoms with Gasteiger partial charge in [-0.05, 0) is 48.2 Å². The van der Waals surface area contributed by atoms with E-state index in [0.29, 0.717) is 18.2 Å². The molecular weight excluding hydrogens is 392 g/mol. The Labute approximate surface area is 174 Å². The number of carbonyl (C=O) groups excluding carboxylic acids is 2. The zero-order valence-corrected chi connectivity index (χ0v) is 18.1. The minimum atomic E-state index is -0.630. The van der Waals surface area contributed by atoms with Crippen LogP contribution in [0.25, 0.3) is 0 Å². The number of hydrogen-bond donors (Lipinski definition) is 1. The summed E-state index contributed by atoms with van der Waals surface area (Å²) in [6, 6.07) is 3.43. The molecule has 1 saturated carbocycles. The maximum Gasteiger partial charge on any atom is 0.276 e. The van der Waals surface area contributed by atoms with E-state index in [9.17, 15) is 9.59 Å². The van der Waals surface area contributed by atoms with Gasteiger partial charge < -0.3 is 10.2 Å². The zero-order chi connectivity index (χ0) is 19.9. The van der Waals surface area contributed by atoms with Crippen molar-refractivity contribution < 1.29 is 9.59 Å². The maximum absolute atomic E-state index is 13.3. The van der Waals surface area contributed by atoms with Crippen LogP contribution >= 0.6 is 22.9 Å². The molecule has 0 radical (unpaired) electrons. The van der Waals surface area contributed by atoms with E-state index in [1.165, 1.54) is 17.8 Å². The average molecular weight is 421 g/mol. The van der Waals surface area contributed by atoms with Crippen molar-refractivity contribution in [1.29, 1.82) is 0 Å². The summed E-state index contributed by atoms with van der Waals surface area (Å²) in [5, 5.41) is 10.8. The predicted molar refractivity (Wildman–Crippen MR) is 112 cm³/mol. The molecule has 1 aliphatic carbocycles. The van der Waals surface area contributed by atoms with Gasteiger partial charge in [0.15, 0.2) is 5.69 Å². The molecule has 1 aliphatic rings. The number of hydrogen-bond acceptors (Lipinski definition) is 6. The van der Waals surface area contributed by atoms with Crippen LogP contribution in [0.4, 0.5) is 0 Å². The third kappa shape index (κ3) is 5.38. The molecule has 8 heteroatoms. The first-order chi connectivity index (χ1) is 13.6. The Morgan fingerprint density at radius 3 is 2.68 bits per heavy atom. The molecule has 0 spiro atoms. The monoisotopic (exact) mass is 420 g/mol. The van der Waals surface area contributed by atoms with Gasteiger partial charge in [-0.1, -0.05) is 43.7 Å². The summed E-state index contributed by atoms with van der Waals surface area (Å²) in [5.41, 5.74) is 0.306. The number of amides is 2. The highest BCUT2D eigenvalue weighted by molar-refractivity contribution is 7.10. The second-order valence-corrected chi connectivity index (χ2v) is 9.32. The summed E-state index contributed by atoms with van der Waals surface area (Å²) < 4.78 is 3.83. The maximum atomic E-state index is 13.3. The minimum absolute atomic E-state index is 0.0883. The predicted octanol–water partition coefficient (Wildman–Crippen LogP) is 4.28. The topological polar surface area (TPSA) is 75.2 Å². The fourth-order valence-electron chi connectivity index (χ4n) is 3.55. The quantitative estimate of drug-likeness (QED) is 0.692. The molecule has 0 aliphatic heterocycles. The third-order valence-corrected chi connectivity index (χ3v) is 6.54. The summed E-state index contributed by atoms with van der Waals surface area (Å²) in [7, 11) is 0. The van der Waals surface area contributed by atoms with Crippen molar-refractivity contribution in [2.45, 2.75) is 64.5 Å². The van der Waals surface area contributed by atoms with Gasteiger partial charge in [0.25, 0.3) is 5.91 Å². The van der Waals surface area contributed by atoms with Crippen LogP contribution in [0.15, 0.2) is 22.9 Å². The van der Waals surface area contributed by atoms with Crippen molar-refractivity contribution in [1.82, 2.24) is 19.8 Å². The standard InChI is InChI=1S/C20H28N4O2S2/c1-14(2)10-11-24(20(26)16-13-28-23-22-16)18(17-9-6-12-27-17)19(25)21-15-7-4-3-5-8-15/h6,9,12-15,18H,3-5,7-8,10-11H2,1-2H3,(H,21,25)/t18-/m1/s1. The lowest BCUT2D eigenvalue weighted by Gasteiger charge is -2.32. The number of aromatic nitrogens is 2. The summed E-state index contributed by atoms with van der Waals surface area (Å²) in [6.07, 6.45) is 6.38. The minimum Gasteiger partial charge on any atom is -0.351 e. The van der Waals surface area contributed by atoms with Crippen LogP contribution in [0.2, 0.25) is 0 Å². The first-order valence-electron chi connectivity index (χ1n) is 9.98. The fraction of sp³-hybridized carbons (Fsp3) is 0.600. The highest BCUT2D eigenvalue weighted by Gasteiger charge is 2.34. The molecule has 1 N–H and O–H groups in total. The van der Waals surface area contributed by atoms with Crippen LogP contribution in [0, 0.1) is 5.92 Å². The van der Waals surface area contributed by atoms with E-state index in [1.807, 2.05) is 17.5 Å². The number of carbonyl (C=O) groups is 2. The summed E-state index contributed by atoms with van der Waals surface area (Å²) in [6.45, 7) is 4.75. The lowest BCUT2D eigenvalue weighted by Crippen LogP contribution is -2.47. The van der Waals surface area contributed by atoms with E-state index in [1.54, 1.807) is 10.3 Å². The van der Waals surface area contributed by atoms with Crippen LogP contribution in [-0.4, -0.2) is 38.9 Å². The van der Waals surface area contributed by atoms with Gasteiger partial charge in [0.05, 0.1) is 0 Å². The Hall–Kier alpha value is -1.80. The molecule has 0 bridgehead atoms. The Bertz CT molecular complexity index is 740. The first-order valence-corrected chi connectivity index (χ1v) is 11.7. The van der Waals surface area contributed by atoms with Crippen molar-refractivity contribution in [3.63, 3.8) is 0 Å². The van der Waals surface area contributed by atoms with E-state index in [2.05, 4.69) is 28.8 Å². The first kappa shape index (κ1) is 20.9. The van der Waals surface area contributed by atoms with Crippen molar-refractivity contribution in [3.05, 3.63) is 33.5 Å². The molecular formula is C20H28N4O2S2. The Balaban J connectivity index is 1.87. The van der Waals surface area contributed by atoms with Crippen LogP contribution in [0.1, 0.15) is 73.8 Å². The van der Waals surface area contributed by atoms with Crippen molar-refractivity contribution in [2.75, 3.05) is 6.54 Å². The van der Waals surface area contributed by atoms with Crippen molar-refractivity contribution in [2.24, 2.45) is 5.92 Å². The lowest BCUT2D eigenvalue weighted by molar-refractivity contribution is -0.126.